The molecular formula is C19H15ClF3NO. The fourth-order valence-electron chi connectivity index (χ4n) is 2.53. The first-order valence-electron chi connectivity index (χ1n) is 7.32. The van der Waals surface area contributed by atoms with Gasteiger partial charge < -0.3 is 17.1 Å². The number of pyridine rings is 1. The van der Waals surface area contributed by atoms with Crippen LogP contribution in [0, 0.1) is 0 Å². The van der Waals surface area contributed by atoms with Gasteiger partial charge >= 0.3 is 6.18 Å². The highest BCUT2D eigenvalue weighted by Gasteiger charge is 2.35. The highest BCUT2D eigenvalue weighted by molar-refractivity contribution is 5.93. The minimum Gasteiger partial charge on any atom is -1.00 e. The Bertz CT molecular complexity index is 892. The third kappa shape index (κ3) is 4.12. The number of benzene rings is 2. The van der Waals surface area contributed by atoms with Crippen molar-refractivity contribution >= 4 is 22.9 Å². The first-order chi connectivity index (χ1) is 11.5. The van der Waals surface area contributed by atoms with Gasteiger partial charge in [0.1, 0.15) is 11.3 Å². The van der Waals surface area contributed by atoms with Crippen molar-refractivity contribution in [2.24, 2.45) is 0 Å². The topological polar surface area (TPSA) is 23.4 Å². The molecule has 1 heterocycles. The first-order valence-corrected chi connectivity index (χ1v) is 7.32. The molecule has 0 radical (unpaired) electrons. The molecule has 0 aliphatic rings. The van der Waals surface area contributed by atoms with Crippen LogP contribution in [0.3, 0.4) is 0 Å². The van der Waals surface area contributed by atoms with Gasteiger partial charge in [-0.2, -0.15) is 13.2 Å². The summed E-state index contributed by atoms with van der Waals surface area (Å²) in [6, 6.07) is 14.2. The predicted octanol–water partition coefficient (Wildman–Crippen LogP) is 1.86. The Morgan fingerprint density at radius 2 is 1.68 bits per heavy atom. The van der Waals surface area contributed by atoms with E-state index in [2.05, 4.69) is 4.98 Å². The SMILES string of the molecule is COc1ccc2c(C=Cc3ccccc3)[nH+]cc(C(F)(F)F)c2c1.[Cl-]. The van der Waals surface area contributed by atoms with Crippen molar-refractivity contribution in [1.82, 2.24) is 0 Å². The molecule has 3 aromatic rings. The molecule has 0 bridgehead atoms. The van der Waals surface area contributed by atoms with Crippen LogP contribution in [0.2, 0.25) is 0 Å². The van der Waals surface area contributed by atoms with Crippen LogP contribution in [0.4, 0.5) is 13.2 Å². The van der Waals surface area contributed by atoms with E-state index >= 15 is 0 Å². The summed E-state index contributed by atoms with van der Waals surface area (Å²) in [6.45, 7) is 0. The van der Waals surface area contributed by atoms with Gasteiger partial charge in [0.05, 0.1) is 12.5 Å². The molecule has 1 N–H and O–H groups in total. The van der Waals surface area contributed by atoms with Crippen molar-refractivity contribution in [3.05, 3.63) is 71.5 Å². The molecule has 0 fully saturated rings. The van der Waals surface area contributed by atoms with Crippen LogP contribution in [-0.4, -0.2) is 7.11 Å². The van der Waals surface area contributed by atoms with Gasteiger partial charge in [-0.1, -0.05) is 30.3 Å². The Labute approximate surface area is 149 Å². The molecule has 0 spiro atoms. The van der Waals surface area contributed by atoms with Crippen molar-refractivity contribution in [3.8, 4) is 5.75 Å². The molecule has 2 aromatic carbocycles. The number of halogens is 4. The number of hydrogen-bond acceptors (Lipinski definition) is 1. The molecule has 0 atom stereocenters. The number of ether oxygens (including phenoxy) is 1. The Kier molecular flexibility index (Phi) is 5.69. The maximum atomic E-state index is 13.3. The summed E-state index contributed by atoms with van der Waals surface area (Å²) in [5.74, 6) is 0.386. The summed E-state index contributed by atoms with van der Waals surface area (Å²) in [5.41, 5.74) is 0.852. The van der Waals surface area contributed by atoms with E-state index in [1.165, 1.54) is 13.2 Å². The maximum absolute atomic E-state index is 13.3. The number of rotatable bonds is 3. The first kappa shape index (κ1) is 18.8. The minimum absolute atomic E-state index is 0. The van der Waals surface area contributed by atoms with Gasteiger partial charge in [0.25, 0.3) is 0 Å². The molecular weight excluding hydrogens is 351 g/mol. The van der Waals surface area contributed by atoms with Gasteiger partial charge in [-0.3, -0.25) is 0 Å². The van der Waals surface area contributed by atoms with E-state index in [0.717, 1.165) is 11.8 Å². The molecule has 130 valence electrons. The van der Waals surface area contributed by atoms with Gasteiger partial charge in [0.15, 0.2) is 6.20 Å². The number of aromatic amines is 1. The van der Waals surface area contributed by atoms with E-state index in [1.54, 1.807) is 18.2 Å². The van der Waals surface area contributed by atoms with Crippen LogP contribution in [-0.2, 0) is 6.18 Å². The quantitative estimate of drug-likeness (QED) is 0.695. The van der Waals surface area contributed by atoms with Crippen molar-refractivity contribution < 1.29 is 35.3 Å². The van der Waals surface area contributed by atoms with E-state index in [4.69, 9.17) is 4.74 Å². The lowest BCUT2D eigenvalue weighted by Crippen LogP contribution is -3.00. The number of H-pyrrole nitrogens is 1. The van der Waals surface area contributed by atoms with Crippen molar-refractivity contribution in [3.63, 3.8) is 0 Å². The molecule has 3 rings (SSSR count). The summed E-state index contributed by atoms with van der Waals surface area (Å²) in [7, 11) is 1.43. The maximum Gasteiger partial charge on any atom is 0.422 e. The average Bonchev–Trinajstić information content (AvgIpc) is 2.59. The van der Waals surface area contributed by atoms with E-state index < -0.39 is 11.7 Å². The molecule has 0 amide bonds. The largest absolute Gasteiger partial charge is 1.00 e. The fraction of sp³-hybridized carbons (Fsp3) is 0.105. The summed E-state index contributed by atoms with van der Waals surface area (Å²) in [4.78, 5) is 2.75. The molecule has 1 aromatic heterocycles. The van der Waals surface area contributed by atoms with E-state index in [-0.39, 0.29) is 17.8 Å². The number of aromatic nitrogens is 1. The second kappa shape index (κ2) is 7.57. The Hall–Kier alpha value is -2.53. The number of fused-ring (bicyclic) bond motifs is 1. The number of hydrogen-bond donors (Lipinski definition) is 0. The van der Waals surface area contributed by atoms with Gasteiger partial charge in [-0.05, 0) is 29.8 Å². The van der Waals surface area contributed by atoms with Crippen molar-refractivity contribution in [1.29, 1.82) is 0 Å². The van der Waals surface area contributed by atoms with E-state index in [1.807, 2.05) is 36.4 Å². The van der Waals surface area contributed by atoms with Gasteiger partial charge in [-0.15, -0.1) is 0 Å². The normalized spacial score (nSPS) is 11.5. The van der Waals surface area contributed by atoms with Gasteiger partial charge in [-0.25, -0.2) is 4.98 Å². The molecule has 0 aliphatic carbocycles. The van der Waals surface area contributed by atoms with E-state index in [9.17, 15) is 13.2 Å². The van der Waals surface area contributed by atoms with Crippen LogP contribution in [0.15, 0.2) is 54.7 Å². The second-order valence-electron chi connectivity index (χ2n) is 5.27. The summed E-state index contributed by atoms with van der Waals surface area (Å²) in [6.07, 6.45) is 0.169. The fourth-order valence-corrected chi connectivity index (χ4v) is 2.53. The smallest absolute Gasteiger partial charge is 0.422 e. The van der Waals surface area contributed by atoms with Crippen LogP contribution in [0.5, 0.6) is 5.75 Å². The average molecular weight is 366 g/mol. The van der Waals surface area contributed by atoms with Crippen molar-refractivity contribution in [2.45, 2.75) is 6.18 Å². The van der Waals surface area contributed by atoms with Crippen LogP contribution in [0.1, 0.15) is 16.8 Å². The lowest BCUT2D eigenvalue weighted by Gasteiger charge is -2.09. The number of nitrogens with one attached hydrogen (secondary N) is 1. The minimum atomic E-state index is -4.44. The molecule has 6 heteroatoms. The molecule has 25 heavy (non-hydrogen) atoms. The Morgan fingerprint density at radius 1 is 0.960 bits per heavy atom. The highest BCUT2D eigenvalue weighted by atomic mass is 35.5. The monoisotopic (exact) mass is 365 g/mol. The zero-order valence-electron chi connectivity index (χ0n) is 13.3. The zero-order valence-corrected chi connectivity index (χ0v) is 14.0. The standard InChI is InChI=1S/C19H14F3NO.ClH/c1-24-14-8-9-15-16(11-14)17(19(20,21)22)12-23-18(15)10-7-13-5-3-2-4-6-13;/h2-12H,1H3;1H. The second-order valence-corrected chi connectivity index (χ2v) is 5.27. The lowest BCUT2D eigenvalue weighted by molar-refractivity contribution is -0.381. The van der Waals surface area contributed by atoms with Crippen molar-refractivity contribution in [2.75, 3.05) is 7.11 Å². The highest BCUT2D eigenvalue weighted by Crippen LogP contribution is 2.36. The molecule has 0 unspecified atom stereocenters. The predicted molar refractivity (Wildman–Crippen MR) is 87.4 cm³/mol. The van der Waals surface area contributed by atoms with Crippen LogP contribution in [0.25, 0.3) is 22.9 Å². The summed E-state index contributed by atoms with van der Waals surface area (Å²) < 4.78 is 44.8. The molecule has 0 saturated heterocycles. The number of alkyl halides is 3. The Morgan fingerprint density at radius 3 is 2.32 bits per heavy atom. The number of methoxy groups -OCH3 is 1. The third-order valence-corrected chi connectivity index (χ3v) is 3.73. The summed E-state index contributed by atoms with van der Waals surface area (Å²) in [5, 5.41) is 0.589. The third-order valence-electron chi connectivity index (χ3n) is 3.73. The van der Waals surface area contributed by atoms with Crippen LogP contribution < -0.4 is 22.1 Å². The van der Waals surface area contributed by atoms with E-state index in [0.29, 0.717) is 16.8 Å². The Balaban J connectivity index is 0.00000225. The van der Waals surface area contributed by atoms with Gasteiger partial charge in [0.2, 0.25) is 5.69 Å². The molecule has 0 saturated carbocycles. The summed E-state index contributed by atoms with van der Waals surface area (Å²) >= 11 is 0. The zero-order chi connectivity index (χ0) is 17.2. The lowest BCUT2D eigenvalue weighted by atomic mass is 10.0. The molecule has 0 aliphatic heterocycles. The van der Waals surface area contributed by atoms with Crippen LogP contribution >= 0.6 is 0 Å². The molecule has 2 nitrogen and oxygen atoms in total. The van der Waals surface area contributed by atoms with Gasteiger partial charge in [0, 0.05) is 11.5 Å².